The maximum atomic E-state index is 11.4. The predicted octanol–water partition coefficient (Wildman–Crippen LogP) is 1.98. The van der Waals surface area contributed by atoms with Crippen LogP contribution in [0.25, 0.3) is 0 Å². The molecule has 0 atom stereocenters. The lowest BCUT2D eigenvalue weighted by molar-refractivity contribution is 0.0594. The number of nitrogens with zero attached hydrogens (tertiary/aromatic N) is 5. The summed E-state index contributed by atoms with van der Waals surface area (Å²) in [5.74, 6) is -0.440. The Bertz CT molecular complexity index is 688. The molecule has 0 aromatic carbocycles. The van der Waals surface area contributed by atoms with Crippen LogP contribution in [-0.2, 0) is 11.3 Å². The zero-order chi connectivity index (χ0) is 16.4. The minimum atomic E-state index is -0.440. The molecule has 1 aliphatic heterocycles. The number of carbonyl (C=O) groups excluding carboxylic acids is 1. The van der Waals surface area contributed by atoms with E-state index in [9.17, 15) is 4.79 Å². The molecule has 0 unspecified atom stereocenters. The second-order valence-corrected chi connectivity index (χ2v) is 7.11. The smallest absolute Gasteiger partial charge is 0.360 e. The van der Waals surface area contributed by atoms with Gasteiger partial charge in [0, 0.05) is 24.5 Å². The fourth-order valence-electron chi connectivity index (χ4n) is 2.92. The Kier molecular flexibility index (Phi) is 4.72. The molecule has 7 nitrogen and oxygen atoms in total. The van der Waals surface area contributed by atoms with Gasteiger partial charge in [0.25, 0.3) is 0 Å². The molecule has 1 aliphatic rings. The lowest BCUT2D eigenvalue weighted by Crippen LogP contribution is -2.34. The molecule has 0 bridgehead atoms. The van der Waals surface area contributed by atoms with Gasteiger partial charge < -0.3 is 4.74 Å². The zero-order valence-electron chi connectivity index (χ0n) is 13.7. The molecule has 0 amide bonds. The third kappa shape index (κ3) is 3.59. The largest absolute Gasteiger partial charge is 0.464 e. The molecule has 124 valence electrons. The standard InChI is InChI=1S/C15H21N5O2S/c1-10-14(23-11(2)16-10)9-19-6-4-12(5-7-19)20-8-13(17-18-20)15(21)22-3/h8,12H,4-7,9H2,1-3H3. The van der Waals surface area contributed by atoms with Crippen LogP contribution in [-0.4, -0.2) is 51.0 Å². The van der Waals surface area contributed by atoms with Crippen LogP contribution in [0.2, 0.25) is 0 Å². The van der Waals surface area contributed by atoms with Gasteiger partial charge in [-0.2, -0.15) is 0 Å². The number of ether oxygens (including phenoxy) is 1. The summed E-state index contributed by atoms with van der Waals surface area (Å²) >= 11 is 1.78. The summed E-state index contributed by atoms with van der Waals surface area (Å²) < 4.78 is 6.46. The van der Waals surface area contributed by atoms with Crippen LogP contribution >= 0.6 is 11.3 Å². The molecule has 3 rings (SSSR count). The minimum Gasteiger partial charge on any atom is -0.464 e. The fraction of sp³-hybridized carbons (Fsp3) is 0.600. The number of hydrogen-bond donors (Lipinski definition) is 0. The van der Waals surface area contributed by atoms with E-state index in [0.717, 1.165) is 43.2 Å². The van der Waals surface area contributed by atoms with Crippen molar-refractivity contribution in [2.45, 2.75) is 39.3 Å². The van der Waals surface area contributed by atoms with Gasteiger partial charge in [0.05, 0.1) is 30.1 Å². The predicted molar refractivity (Wildman–Crippen MR) is 86.5 cm³/mol. The van der Waals surface area contributed by atoms with Crippen LogP contribution in [0.3, 0.4) is 0 Å². The Labute approximate surface area is 139 Å². The molecule has 23 heavy (non-hydrogen) atoms. The van der Waals surface area contributed by atoms with Gasteiger partial charge in [-0.1, -0.05) is 5.21 Å². The molecule has 0 spiro atoms. The summed E-state index contributed by atoms with van der Waals surface area (Å²) in [6.07, 6.45) is 3.68. The van der Waals surface area contributed by atoms with Gasteiger partial charge >= 0.3 is 5.97 Å². The van der Waals surface area contributed by atoms with E-state index in [2.05, 4.69) is 38.8 Å². The van der Waals surface area contributed by atoms with Crippen molar-refractivity contribution in [1.29, 1.82) is 0 Å². The number of likely N-dealkylation sites (tertiary alicyclic amines) is 1. The van der Waals surface area contributed by atoms with E-state index >= 15 is 0 Å². The van der Waals surface area contributed by atoms with Gasteiger partial charge in [-0.3, -0.25) is 4.90 Å². The van der Waals surface area contributed by atoms with Crippen molar-refractivity contribution < 1.29 is 9.53 Å². The highest BCUT2D eigenvalue weighted by Gasteiger charge is 2.23. The van der Waals surface area contributed by atoms with Crippen molar-refractivity contribution in [1.82, 2.24) is 24.9 Å². The van der Waals surface area contributed by atoms with Crippen LogP contribution in [0.4, 0.5) is 0 Å². The van der Waals surface area contributed by atoms with Crippen LogP contribution in [0.1, 0.15) is 45.0 Å². The number of carbonyl (C=O) groups is 1. The number of rotatable bonds is 4. The topological polar surface area (TPSA) is 73.1 Å². The summed E-state index contributed by atoms with van der Waals surface area (Å²) in [7, 11) is 1.35. The van der Waals surface area contributed by atoms with Crippen molar-refractivity contribution in [2.24, 2.45) is 0 Å². The van der Waals surface area contributed by atoms with E-state index in [1.165, 1.54) is 12.0 Å². The van der Waals surface area contributed by atoms with Gasteiger partial charge in [0.2, 0.25) is 0 Å². The number of aromatic nitrogens is 4. The third-order valence-corrected chi connectivity index (χ3v) is 5.26. The molecule has 1 fully saturated rings. The summed E-state index contributed by atoms with van der Waals surface area (Å²) in [4.78, 5) is 19.7. The van der Waals surface area contributed by atoms with Crippen molar-refractivity contribution in [3.63, 3.8) is 0 Å². The first kappa shape index (κ1) is 16.1. The first-order chi connectivity index (χ1) is 11.1. The number of piperidine rings is 1. The number of thiazole rings is 1. The third-order valence-electron chi connectivity index (χ3n) is 4.20. The summed E-state index contributed by atoms with van der Waals surface area (Å²) in [6, 6.07) is 0.293. The first-order valence-corrected chi connectivity index (χ1v) is 8.54. The molecule has 0 radical (unpaired) electrons. The zero-order valence-corrected chi connectivity index (χ0v) is 14.5. The molecule has 2 aromatic rings. The highest BCUT2D eigenvalue weighted by Crippen LogP contribution is 2.25. The fourth-order valence-corrected chi connectivity index (χ4v) is 3.90. The lowest BCUT2D eigenvalue weighted by atomic mass is 10.1. The SMILES string of the molecule is COC(=O)c1cn(C2CCN(Cc3sc(C)nc3C)CC2)nn1. The maximum absolute atomic E-state index is 11.4. The summed E-state index contributed by atoms with van der Waals surface area (Å²) in [6.45, 7) is 7.12. The van der Waals surface area contributed by atoms with Crippen molar-refractivity contribution in [3.05, 3.63) is 27.5 Å². The average Bonchev–Trinajstić information content (AvgIpc) is 3.15. The number of hydrogen-bond acceptors (Lipinski definition) is 7. The van der Waals surface area contributed by atoms with Gasteiger partial charge in [-0.25, -0.2) is 14.5 Å². The van der Waals surface area contributed by atoms with E-state index in [1.54, 1.807) is 22.2 Å². The van der Waals surface area contributed by atoms with E-state index in [0.29, 0.717) is 6.04 Å². The Balaban J connectivity index is 1.57. The molecule has 8 heteroatoms. The van der Waals surface area contributed by atoms with E-state index < -0.39 is 5.97 Å². The molecular weight excluding hydrogens is 314 g/mol. The average molecular weight is 335 g/mol. The molecule has 0 aliphatic carbocycles. The molecule has 1 saturated heterocycles. The molecule has 3 heterocycles. The quantitative estimate of drug-likeness (QED) is 0.796. The highest BCUT2D eigenvalue weighted by molar-refractivity contribution is 7.11. The number of esters is 1. The second kappa shape index (κ2) is 6.76. The molecular formula is C15H21N5O2S. The van der Waals surface area contributed by atoms with Crippen LogP contribution < -0.4 is 0 Å². The Morgan fingerprint density at radius 3 is 2.74 bits per heavy atom. The highest BCUT2D eigenvalue weighted by atomic mass is 32.1. The molecule has 2 aromatic heterocycles. The van der Waals surface area contributed by atoms with E-state index in [1.807, 2.05) is 0 Å². The van der Waals surface area contributed by atoms with E-state index in [4.69, 9.17) is 0 Å². The van der Waals surface area contributed by atoms with Gasteiger partial charge in [-0.15, -0.1) is 16.4 Å². The minimum absolute atomic E-state index is 0.269. The van der Waals surface area contributed by atoms with Gasteiger partial charge in [-0.05, 0) is 26.7 Å². The normalized spacial score (nSPS) is 16.7. The number of methoxy groups -OCH3 is 1. The molecule has 0 saturated carbocycles. The van der Waals surface area contributed by atoms with Crippen LogP contribution in [0.5, 0.6) is 0 Å². The van der Waals surface area contributed by atoms with Gasteiger partial charge in [0.1, 0.15) is 0 Å². The van der Waals surface area contributed by atoms with Crippen molar-refractivity contribution >= 4 is 17.3 Å². The summed E-state index contributed by atoms with van der Waals surface area (Å²) in [5, 5.41) is 9.09. The monoisotopic (exact) mass is 335 g/mol. The van der Waals surface area contributed by atoms with Crippen molar-refractivity contribution in [3.8, 4) is 0 Å². The van der Waals surface area contributed by atoms with Crippen LogP contribution in [0, 0.1) is 13.8 Å². The van der Waals surface area contributed by atoms with E-state index in [-0.39, 0.29) is 5.69 Å². The molecule has 0 N–H and O–H groups in total. The van der Waals surface area contributed by atoms with Gasteiger partial charge in [0.15, 0.2) is 5.69 Å². The first-order valence-electron chi connectivity index (χ1n) is 7.72. The van der Waals surface area contributed by atoms with Crippen molar-refractivity contribution in [2.75, 3.05) is 20.2 Å². The Morgan fingerprint density at radius 1 is 1.39 bits per heavy atom. The second-order valence-electron chi connectivity index (χ2n) is 5.82. The van der Waals surface area contributed by atoms with Crippen LogP contribution in [0.15, 0.2) is 6.20 Å². The summed E-state index contributed by atoms with van der Waals surface area (Å²) in [5.41, 5.74) is 1.42. The number of aryl methyl sites for hydroxylation is 2. The maximum Gasteiger partial charge on any atom is 0.360 e. The Morgan fingerprint density at radius 2 is 2.13 bits per heavy atom. The lowest BCUT2D eigenvalue weighted by Gasteiger charge is -2.31. The Hall–Kier alpha value is -1.80.